The largest absolute Gasteiger partial charge is 0.416 e. The molecule has 4 amide bonds. The lowest BCUT2D eigenvalue weighted by Gasteiger charge is -2.36. The van der Waals surface area contributed by atoms with Crippen molar-refractivity contribution >= 4 is 34.9 Å². The van der Waals surface area contributed by atoms with Gasteiger partial charge in [-0.3, -0.25) is 9.59 Å². The maximum absolute atomic E-state index is 12.9. The molecule has 1 aliphatic heterocycles. The summed E-state index contributed by atoms with van der Waals surface area (Å²) in [5, 5.41) is 5.37. The van der Waals surface area contributed by atoms with Gasteiger partial charge in [-0.2, -0.15) is 13.2 Å². The van der Waals surface area contributed by atoms with E-state index < -0.39 is 17.8 Å². The molecule has 0 radical (unpaired) electrons. The number of halogens is 3. The first-order valence-corrected chi connectivity index (χ1v) is 12.6. The third kappa shape index (κ3) is 7.87. The van der Waals surface area contributed by atoms with Gasteiger partial charge in [0.2, 0.25) is 11.8 Å². The fraction of sp³-hybridized carbons (Fsp3) is 0.444. The number of rotatable bonds is 8. The molecule has 0 spiro atoms. The van der Waals surface area contributed by atoms with Crippen molar-refractivity contribution in [1.82, 2.24) is 9.80 Å². The molecule has 206 valence electrons. The molecule has 1 fully saturated rings. The van der Waals surface area contributed by atoms with E-state index >= 15 is 0 Å². The first-order chi connectivity index (χ1) is 18.0. The van der Waals surface area contributed by atoms with Gasteiger partial charge in [0, 0.05) is 55.7 Å². The van der Waals surface area contributed by atoms with Crippen molar-refractivity contribution in [2.24, 2.45) is 5.92 Å². The van der Waals surface area contributed by atoms with Crippen LogP contribution in [-0.2, 0) is 15.8 Å². The number of nitrogens with zero attached hydrogens (tertiary/aromatic N) is 3. The van der Waals surface area contributed by atoms with Gasteiger partial charge in [0.15, 0.2) is 0 Å². The summed E-state index contributed by atoms with van der Waals surface area (Å²) in [5.41, 5.74) is 0.813. The normalized spacial score (nSPS) is 13.9. The number of nitrogens with one attached hydrogen (secondary N) is 2. The lowest BCUT2D eigenvalue weighted by Crippen LogP contribution is -2.50. The molecular formula is C27H34F3N5O3. The quantitative estimate of drug-likeness (QED) is 0.506. The average molecular weight is 534 g/mol. The van der Waals surface area contributed by atoms with E-state index in [-0.39, 0.29) is 30.0 Å². The zero-order valence-electron chi connectivity index (χ0n) is 21.8. The van der Waals surface area contributed by atoms with Crippen LogP contribution in [0.4, 0.5) is 35.0 Å². The number of anilines is 3. The highest BCUT2D eigenvalue weighted by Crippen LogP contribution is 2.30. The molecule has 3 rings (SSSR count). The van der Waals surface area contributed by atoms with Crippen molar-refractivity contribution in [3.05, 3.63) is 54.1 Å². The molecule has 2 N–H and O–H groups in total. The Balaban J connectivity index is 1.50. The number of benzene rings is 2. The molecule has 1 aliphatic rings. The van der Waals surface area contributed by atoms with Crippen LogP contribution in [0.5, 0.6) is 0 Å². The van der Waals surface area contributed by atoms with Gasteiger partial charge < -0.3 is 25.3 Å². The molecule has 0 aliphatic carbocycles. The summed E-state index contributed by atoms with van der Waals surface area (Å²) in [7, 11) is 0. The van der Waals surface area contributed by atoms with E-state index in [2.05, 4.69) is 15.5 Å². The molecule has 0 unspecified atom stereocenters. The van der Waals surface area contributed by atoms with Gasteiger partial charge in [0.05, 0.1) is 12.1 Å². The molecule has 0 atom stereocenters. The summed E-state index contributed by atoms with van der Waals surface area (Å²) in [6, 6.07) is 11.4. The van der Waals surface area contributed by atoms with Crippen LogP contribution >= 0.6 is 0 Å². The van der Waals surface area contributed by atoms with E-state index in [0.717, 1.165) is 24.2 Å². The third-order valence-electron chi connectivity index (χ3n) is 6.16. The first kappa shape index (κ1) is 28.8. The lowest BCUT2D eigenvalue weighted by atomic mass is 10.2. The van der Waals surface area contributed by atoms with Crippen molar-refractivity contribution in [2.45, 2.75) is 33.4 Å². The lowest BCUT2D eigenvalue weighted by molar-refractivity contribution is -0.137. The standard InChI is InChI=1S/C27H34F3N5O3/c1-4-12-35(25(37)19(2)3)18-24(36)31-21-8-10-23(11-9-21)33-13-15-34(16-14-33)26(38)32-22-7-5-6-20(17-22)27(28,29)30/h5-11,17,19H,4,12-16,18H2,1-3H3,(H,31,36)(H,32,38). The molecule has 11 heteroatoms. The van der Waals surface area contributed by atoms with Crippen molar-refractivity contribution in [3.63, 3.8) is 0 Å². The minimum absolute atomic E-state index is 0.00285. The Hall–Kier alpha value is -3.76. The fourth-order valence-corrected chi connectivity index (χ4v) is 4.18. The molecule has 2 aromatic carbocycles. The number of carbonyl (C=O) groups is 3. The second kappa shape index (κ2) is 12.7. The summed E-state index contributed by atoms with van der Waals surface area (Å²) in [5.74, 6) is -0.499. The number of urea groups is 1. The van der Waals surface area contributed by atoms with Gasteiger partial charge in [-0.15, -0.1) is 0 Å². The maximum atomic E-state index is 12.9. The van der Waals surface area contributed by atoms with E-state index in [1.807, 2.05) is 32.9 Å². The van der Waals surface area contributed by atoms with Crippen LogP contribution in [0.2, 0.25) is 0 Å². The molecule has 8 nitrogen and oxygen atoms in total. The molecule has 38 heavy (non-hydrogen) atoms. The van der Waals surface area contributed by atoms with Crippen LogP contribution in [0, 0.1) is 5.92 Å². The van der Waals surface area contributed by atoms with E-state index in [4.69, 9.17) is 0 Å². The Morgan fingerprint density at radius 1 is 0.947 bits per heavy atom. The number of alkyl halides is 3. The third-order valence-corrected chi connectivity index (χ3v) is 6.16. The van der Waals surface area contributed by atoms with Gasteiger partial charge in [-0.1, -0.05) is 26.8 Å². The second-order valence-electron chi connectivity index (χ2n) is 9.49. The molecule has 1 heterocycles. The second-order valence-corrected chi connectivity index (χ2v) is 9.49. The highest BCUT2D eigenvalue weighted by molar-refractivity contribution is 5.95. The number of hydrogen-bond acceptors (Lipinski definition) is 4. The van der Waals surface area contributed by atoms with Gasteiger partial charge in [0.25, 0.3) is 0 Å². The number of carbonyl (C=O) groups excluding carboxylic acids is 3. The Bertz CT molecular complexity index is 1110. The Kier molecular flexibility index (Phi) is 9.60. The minimum Gasteiger partial charge on any atom is -0.368 e. The summed E-state index contributed by atoms with van der Waals surface area (Å²) in [4.78, 5) is 42.6. The van der Waals surface area contributed by atoms with Crippen LogP contribution in [0.1, 0.15) is 32.8 Å². The highest BCUT2D eigenvalue weighted by atomic mass is 19.4. The zero-order valence-corrected chi connectivity index (χ0v) is 21.8. The van der Waals surface area contributed by atoms with E-state index in [1.54, 1.807) is 21.9 Å². The molecule has 0 bridgehead atoms. The van der Waals surface area contributed by atoms with E-state index in [1.165, 1.54) is 12.1 Å². The topological polar surface area (TPSA) is 85.0 Å². The van der Waals surface area contributed by atoms with Gasteiger partial charge >= 0.3 is 12.2 Å². The van der Waals surface area contributed by atoms with Crippen molar-refractivity contribution in [3.8, 4) is 0 Å². The van der Waals surface area contributed by atoms with E-state index in [0.29, 0.717) is 38.4 Å². The van der Waals surface area contributed by atoms with Crippen LogP contribution in [-0.4, -0.2) is 66.9 Å². The molecule has 0 saturated carbocycles. The van der Waals surface area contributed by atoms with E-state index in [9.17, 15) is 27.6 Å². The minimum atomic E-state index is -4.48. The van der Waals surface area contributed by atoms with Crippen molar-refractivity contribution < 1.29 is 27.6 Å². The molecule has 2 aromatic rings. The smallest absolute Gasteiger partial charge is 0.368 e. The Morgan fingerprint density at radius 3 is 2.18 bits per heavy atom. The molecule has 1 saturated heterocycles. The fourth-order valence-electron chi connectivity index (χ4n) is 4.18. The van der Waals surface area contributed by atoms with Crippen molar-refractivity contribution in [2.75, 3.05) is 54.8 Å². The SMILES string of the molecule is CCCN(CC(=O)Nc1ccc(N2CCN(C(=O)Nc3cccc(C(F)(F)F)c3)CC2)cc1)C(=O)C(C)C. The predicted octanol–water partition coefficient (Wildman–Crippen LogP) is 4.89. The number of piperazine rings is 1. The molecule has 0 aromatic heterocycles. The van der Waals surface area contributed by atoms with Gasteiger partial charge in [-0.05, 0) is 48.9 Å². The zero-order chi connectivity index (χ0) is 27.9. The van der Waals surface area contributed by atoms with Crippen LogP contribution in [0.15, 0.2) is 48.5 Å². The monoisotopic (exact) mass is 533 g/mol. The predicted molar refractivity (Wildman–Crippen MR) is 141 cm³/mol. The first-order valence-electron chi connectivity index (χ1n) is 12.6. The highest BCUT2D eigenvalue weighted by Gasteiger charge is 2.31. The summed E-state index contributed by atoms with van der Waals surface area (Å²) in [6.07, 6.45) is -3.71. The summed E-state index contributed by atoms with van der Waals surface area (Å²) >= 11 is 0. The number of amides is 4. The Labute approximate surface area is 220 Å². The summed E-state index contributed by atoms with van der Waals surface area (Å²) < 4.78 is 38.8. The van der Waals surface area contributed by atoms with Gasteiger partial charge in [0.1, 0.15) is 0 Å². The molecular weight excluding hydrogens is 499 g/mol. The van der Waals surface area contributed by atoms with Crippen molar-refractivity contribution in [1.29, 1.82) is 0 Å². The van der Waals surface area contributed by atoms with Crippen LogP contribution in [0.3, 0.4) is 0 Å². The van der Waals surface area contributed by atoms with Gasteiger partial charge in [-0.25, -0.2) is 4.79 Å². The average Bonchev–Trinajstić information content (AvgIpc) is 2.88. The Morgan fingerprint density at radius 2 is 1.61 bits per heavy atom. The summed E-state index contributed by atoms with van der Waals surface area (Å²) in [6.45, 7) is 8.00. The maximum Gasteiger partial charge on any atom is 0.416 e. The van der Waals surface area contributed by atoms with Crippen LogP contribution in [0.25, 0.3) is 0 Å². The number of hydrogen-bond donors (Lipinski definition) is 2. The van der Waals surface area contributed by atoms with Crippen LogP contribution < -0.4 is 15.5 Å².